The molecule has 2 rings (SSSR count). The van der Waals surface area contributed by atoms with Gasteiger partial charge in [0.2, 0.25) is 0 Å². The number of carbonyl (C=O) groups is 1. The molecule has 17 heavy (non-hydrogen) atoms. The van der Waals surface area contributed by atoms with Crippen LogP contribution in [0.15, 0.2) is 36.9 Å². The summed E-state index contributed by atoms with van der Waals surface area (Å²) in [5, 5.41) is 0. The molecule has 0 fully saturated rings. The molecule has 0 radical (unpaired) electrons. The van der Waals surface area contributed by atoms with Gasteiger partial charge in [0.1, 0.15) is 6.33 Å². The Hall–Kier alpha value is -2.03. The standard InChI is InChI=1S/C14H14N2O/c1-10-3-4-11(2)12(5-10)6-14(17)13-7-15-9-16-8-13/h3-5,7-9H,6H2,1-2H3. The molecule has 0 aliphatic rings. The van der Waals surface area contributed by atoms with Gasteiger partial charge in [-0.2, -0.15) is 0 Å². The second-order valence-corrected chi connectivity index (χ2v) is 4.16. The summed E-state index contributed by atoms with van der Waals surface area (Å²) in [6, 6.07) is 6.14. The van der Waals surface area contributed by atoms with Gasteiger partial charge in [-0.1, -0.05) is 23.8 Å². The van der Waals surface area contributed by atoms with E-state index in [1.165, 1.54) is 11.9 Å². The van der Waals surface area contributed by atoms with Gasteiger partial charge < -0.3 is 0 Å². The van der Waals surface area contributed by atoms with Gasteiger partial charge in [0.25, 0.3) is 0 Å². The van der Waals surface area contributed by atoms with Gasteiger partial charge in [-0.15, -0.1) is 0 Å². The Kier molecular flexibility index (Phi) is 3.28. The van der Waals surface area contributed by atoms with Crippen LogP contribution >= 0.6 is 0 Å². The van der Waals surface area contributed by atoms with Gasteiger partial charge in [-0.3, -0.25) is 4.79 Å². The normalized spacial score (nSPS) is 10.2. The van der Waals surface area contributed by atoms with E-state index in [2.05, 4.69) is 22.1 Å². The minimum Gasteiger partial charge on any atom is -0.294 e. The second-order valence-electron chi connectivity index (χ2n) is 4.16. The van der Waals surface area contributed by atoms with Crippen LogP contribution in [-0.4, -0.2) is 15.8 Å². The third-order valence-electron chi connectivity index (χ3n) is 2.74. The molecule has 1 aromatic carbocycles. The van der Waals surface area contributed by atoms with Crippen molar-refractivity contribution in [1.82, 2.24) is 9.97 Å². The third-order valence-corrected chi connectivity index (χ3v) is 2.74. The second kappa shape index (κ2) is 4.87. The van der Waals surface area contributed by atoms with Crippen molar-refractivity contribution >= 4 is 5.78 Å². The van der Waals surface area contributed by atoms with E-state index >= 15 is 0 Å². The van der Waals surface area contributed by atoms with E-state index in [0.29, 0.717) is 12.0 Å². The number of nitrogens with zero attached hydrogens (tertiary/aromatic N) is 2. The number of benzene rings is 1. The molecule has 0 aliphatic heterocycles. The largest absolute Gasteiger partial charge is 0.294 e. The van der Waals surface area contributed by atoms with Gasteiger partial charge in [0.15, 0.2) is 5.78 Å². The van der Waals surface area contributed by atoms with Crippen LogP contribution in [-0.2, 0) is 6.42 Å². The van der Waals surface area contributed by atoms with E-state index in [-0.39, 0.29) is 5.78 Å². The smallest absolute Gasteiger partial charge is 0.170 e. The lowest BCUT2D eigenvalue weighted by molar-refractivity contribution is 0.0992. The number of rotatable bonds is 3. The minimum absolute atomic E-state index is 0.0549. The topological polar surface area (TPSA) is 42.9 Å². The summed E-state index contributed by atoms with van der Waals surface area (Å²) in [5.74, 6) is 0.0549. The highest BCUT2D eigenvalue weighted by molar-refractivity contribution is 5.97. The number of carbonyl (C=O) groups excluding carboxylic acids is 1. The van der Waals surface area contributed by atoms with Gasteiger partial charge in [0, 0.05) is 18.8 Å². The molecule has 3 heteroatoms. The zero-order chi connectivity index (χ0) is 12.3. The first kappa shape index (κ1) is 11.5. The molecule has 0 saturated heterocycles. The Morgan fingerprint density at radius 3 is 2.59 bits per heavy atom. The van der Waals surface area contributed by atoms with Crippen molar-refractivity contribution in [1.29, 1.82) is 0 Å². The molecular weight excluding hydrogens is 212 g/mol. The van der Waals surface area contributed by atoms with Gasteiger partial charge in [0.05, 0.1) is 5.56 Å². The van der Waals surface area contributed by atoms with Crippen molar-refractivity contribution in [3.63, 3.8) is 0 Å². The third kappa shape index (κ3) is 2.75. The molecule has 2 aromatic rings. The zero-order valence-corrected chi connectivity index (χ0v) is 9.97. The zero-order valence-electron chi connectivity index (χ0n) is 9.97. The first-order valence-electron chi connectivity index (χ1n) is 5.51. The number of hydrogen-bond donors (Lipinski definition) is 0. The molecular formula is C14H14N2O. The fourth-order valence-corrected chi connectivity index (χ4v) is 1.71. The van der Waals surface area contributed by atoms with Crippen molar-refractivity contribution in [3.8, 4) is 0 Å². The highest BCUT2D eigenvalue weighted by Crippen LogP contribution is 2.13. The molecule has 0 aliphatic carbocycles. The van der Waals surface area contributed by atoms with Crippen molar-refractivity contribution in [2.75, 3.05) is 0 Å². The van der Waals surface area contributed by atoms with Crippen LogP contribution < -0.4 is 0 Å². The Morgan fingerprint density at radius 1 is 1.18 bits per heavy atom. The SMILES string of the molecule is Cc1ccc(C)c(CC(=O)c2cncnc2)c1. The summed E-state index contributed by atoms with van der Waals surface area (Å²) in [5.41, 5.74) is 3.94. The molecule has 0 atom stereocenters. The molecule has 1 heterocycles. The average molecular weight is 226 g/mol. The summed E-state index contributed by atoms with van der Waals surface area (Å²) in [6.45, 7) is 4.04. The predicted octanol–water partition coefficient (Wildman–Crippen LogP) is 2.52. The Labute approximate surface area is 101 Å². The van der Waals surface area contributed by atoms with Crippen LogP contribution in [0.5, 0.6) is 0 Å². The van der Waals surface area contributed by atoms with Gasteiger partial charge in [-0.25, -0.2) is 9.97 Å². The quantitative estimate of drug-likeness (QED) is 0.755. The maximum absolute atomic E-state index is 12.0. The maximum Gasteiger partial charge on any atom is 0.170 e. The number of aryl methyl sites for hydroxylation is 2. The molecule has 0 unspecified atom stereocenters. The molecule has 0 saturated carbocycles. The Balaban J connectivity index is 2.22. The van der Waals surface area contributed by atoms with Crippen molar-refractivity contribution < 1.29 is 4.79 Å². The van der Waals surface area contributed by atoms with E-state index in [9.17, 15) is 4.79 Å². The summed E-state index contributed by atoms with van der Waals surface area (Å²) in [4.78, 5) is 19.7. The fraction of sp³-hybridized carbons (Fsp3) is 0.214. The van der Waals surface area contributed by atoms with Crippen molar-refractivity contribution in [2.24, 2.45) is 0 Å². The summed E-state index contributed by atoms with van der Waals surface area (Å²) in [6.07, 6.45) is 4.94. The van der Waals surface area contributed by atoms with Crippen molar-refractivity contribution in [3.05, 3.63) is 59.2 Å². The number of Topliss-reactive ketones (excluding diaryl/α,β-unsaturated/α-hetero) is 1. The van der Waals surface area contributed by atoms with E-state index in [1.54, 1.807) is 12.4 Å². The fourth-order valence-electron chi connectivity index (χ4n) is 1.71. The van der Waals surface area contributed by atoms with Gasteiger partial charge >= 0.3 is 0 Å². The van der Waals surface area contributed by atoms with E-state index in [0.717, 1.165) is 11.1 Å². The lowest BCUT2D eigenvalue weighted by Gasteiger charge is -2.06. The molecule has 0 amide bonds. The Morgan fingerprint density at radius 2 is 1.88 bits per heavy atom. The van der Waals surface area contributed by atoms with E-state index in [4.69, 9.17) is 0 Å². The van der Waals surface area contributed by atoms with Crippen molar-refractivity contribution in [2.45, 2.75) is 20.3 Å². The molecule has 86 valence electrons. The van der Waals surface area contributed by atoms with Crippen LogP contribution in [0.2, 0.25) is 0 Å². The highest BCUT2D eigenvalue weighted by Gasteiger charge is 2.09. The predicted molar refractivity (Wildman–Crippen MR) is 66.0 cm³/mol. The van der Waals surface area contributed by atoms with Crippen LogP contribution in [0.3, 0.4) is 0 Å². The Bertz CT molecular complexity index is 535. The van der Waals surface area contributed by atoms with E-state index < -0.39 is 0 Å². The minimum atomic E-state index is 0.0549. The first-order chi connectivity index (χ1) is 8.16. The lowest BCUT2D eigenvalue weighted by Crippen LogP contribution is -2.06. The number of ketones is 1. The first-order valence-corrected chi connectivity index (χ1v) is 5.51. The van der Waals surface area contributed by atoms with E-state index in [1.807, 2.05) is 19.9 Å². The average Bonchev–Trinajstić information content (AvgIpc) is 2.35. The van der Waals surface area contributed by atoms with Crippen LogP contribution in [0, 0.1) is 13.8 Å². The molecule has 0 spiro atoms. The summed E-state index contributed by atoms with van der Waals surface area (Å²) in [7, 11) is 0. The molecule has 0 bridgehead atoms. The van der Waals surface area contributed by atoms with Gasteiger partial charge in [-0.05, 0) is 25.0 Å². The summed E-state index contributed by atoms with van der Waals surface area (Å²) >= 11 is 0. The summed E-state index contributed by atoms with van der Waals surface area (Å²) < 4.78 is 0. The maximum atomic E-state index is 12.0. The van der Waals surface area contributed by atoms with Crippen LogP contribution in [0.4, 0.5) is 0 Å². The molecule has 3 nitrogen and oxygen atoms in total. The molecule has 0 N–H and O–H groups in total. The highest BCUT2D eigenvalue weighted by atomic mass is 16.1. The number of aromatic nitrogens is 2. The van der Waals surface area contributed by atoms with Crippen LogP contribution in [0.1, 0.15) is 27.0 Å². The number of hydrogen-bond acceptors (Lipinski definition) is 3. The molecule has 1 aromatic heterocycles. The monoisotopic (exact) mass is 226 g/mol. The lowest BCUT2D eigenvalue weighted by atomic mass is 9.99. The van der Waals surface area contributed by atoms with Crippen LogP contribution in [0.25, 0.3) is 0 Å².